The second-order valence-electron chi connectivity index (χ2n) is 6.61. The molecule has 2 unspecified atom stereocenters. The molecule has 1 heterocycles. The van der Waals surface area contributed by atoms with Crippen LogP contribution in [0.15, 0.2) is 0 Å². The number of carboxylic acid groups (broad SMARTS) is 1. The second-order valence-corrected chi connectivity index (χ2v) is 6.61. The van der Waals surface area contributed by atoms with Crippen molar-refractivity contribution >= 4 is 11.9 Å². The average Bonchev–Trinajstić information content (AvgIpc) is 2.70. The van der Waals surface area contributed by atoms with Gasteiger partial charge in [-0.05, 0) is 26.2 Å². The summed E-state index contributed by atoms with van der Waals surface area (Å²) in [5, 5.41) is 12.5. The minimum atomic E-state index is -0.849. The van der Waals surface area contributed by atoms with Crippen molar-refractivity contribution in [3.05, 3.63) is 0 Å². The number of carboxylic acids is 1. The Balaban J connectivity index is 1.87. The Morgan fingerprint density at radius 3 is 2.43 bits per heavy atom. The zero-order chi connectivity index (χ0) is 15.3. The monoisotopic (exact) mass is 297 g/mol. The second kappa shape index (κ2) is 7.25. The molecule has 0 spiro atoms. The highest BCUT2D eigenvalue weighted by molar-refractivity contribution is 5.85. The van der Waals surface area contributed by atoms with Gasteiger partial charge in [0.05, 0.1) is 11.5 Å². The van der Waals surface area contributed by atoms with Crippen LogP contribution in [0.5, 0.6) is 0 Å². The molecule has 1 amide bonds. The van der Waals surface area contributed by atoms with Gasteiger partial charge < -0.3 is 15.2 Å². The number of aliphatic carboxylic acids is 1. The third-order valence-electron chi connectivity index (χ3n) is 5.11. The summed E-state index contributed by atoms with van der Waals surface area (Å²) in [4.78, 5) is 23.9. The molecule has 21 heavy (non-hydrogen) atoms. The first kappa shape index (κ1) is 16.3. The summed E-state index contributed by atoms with van der Waals surface area (Å²) in [6, 6.07) is 0. The molecule has 2 aliphatic rings. The highest BCUT2D eigenvalue weighted by Crippen LogP contribution is 2.38. The van der Waals surface area contributed by atoms with Crippen LogP contribution < -0.4 is 5.32 Å². The van der Waals surface area contributed by atoms with Crippen LogP contribution >= 0.6 is 0 Å². The minimum absolute atomic E-state index is 0.115. The van der Waals surface area contributed by atoms with Crippen LogP contribution in [-0.2, 0) is 14.3 Å². The molecule has 2 rings (SSSR count). The Labute approximate surface area is 126 Å². The van der Waals surface area contributed by atoms with Crippen LogP contribution in [0.2, 0.25) is 0 Å². The first-order valence-electron chi connectivity index (χ1n) is 8.15. The van der Waals surface area contributed by atoms with Gasteiger partial charge in [0.2, 0.25) is 5.91 Å². The molecule has 1 aliphatic heterocycles. The van der Waals surface area contributed by atoms with E-state index >= 15 is 0 Å². The van der Waals surface area contributed by atoms with Gasteiger partial charge in [-0.2, -0.15) is 0 Å². The van der Waals surface area contributed by atoms with Crippen LogP contribution in [0.3, 0.4) is 0 Å². The van der Waals surface area contributed by atoms with Crippen molar-refractivity contribution in [3.63, 3.8) is 0 Å². The van der Waals surface area contributed by atoms with E-state index in [1.54, 1.807) is 0 Å². The van der Waals surface area contributed by atoms with Crippen LogP contribution in [0.1, 0.15) is 58.3 Å². The molecule has 0 aromatic carbocycles. The molecule has 0 bridgehead atoms. The topological polar surface area (TPSA) is 75.6 Å². The largest absolute Gasteiger partial charge is 0.481 e. The fraction of sp³-hybridized carbons (Fsp3) is 0.875. The number of hydrogen-bond acceptors (Lipinski definition) is 3. The van der Waals surface area contributed by atoms with E-state index in [0.29, 0.717) is 25.3 Å². The lowest BCUT2D eigenvalue weighted by Crippen LogP contribution is -2.39. The van der Waals surface area contributed by atoms with Crippen LogP contribution in [-0.4, -0.2) is 36.2 Å². The number of carbonyl (C=O) groups excluding carboxylic acids is 1. The van der Waals surface area contributed by atoms with Crippen LogP contribution in [0, 0.1) is 11.3 Å². The molecule has 2 N–H and O–H groups in total. The summed E-state index contributed by atoms with van der Waals surface area (Å²) in [6.07, 6.45) is 6.48. The molecule has 1 saturated carbocycles. The van der Waals surface area contributed by atoms with Crippen molar-refractivity contribution < 1.29 is 19.4 Å². The van der Waals surface area contributed by atoms with E-state index in [9.17, 15) is 14.7 Å². The molecule has 1 saturated heterocycles. The van der Waals surface area contributed by atoms with Gasteiger partial charge in [0, 0.05) is 25.5 Å². The van der Waals surface area contributed by atoms with Gasteiger partial charge in [-0.1, -0.05) is 25.7 Å². The zero-order valence-corrected chi connectivity index (χ0v) is 12.9. The number of rotatable bonds is 5. The van der Waals surface area contributed by atoms with Crippen LogP contribution in [0.25, 0.3) is 0 Å². The van der Waals surface area contributed by atoms with Crippen LogP contribution in [0.4, 0.5) is 0 Å². The Morgan fingerprint density at radius 2 is 1.90 bits per heavy atom. The van der Waals surface area contributed by atoms with E-state index in [2.05, 4.69) is 5.32 Å². The average molecular weight is 297 g/mol. The van der Waals surface area contributed by atoms with Crippen molar-refractivity contribution in [1.29, 1.82) is 0 Å². The van der Waals surface area contributed by atoms with E-state index in [0.717, 1.165) is 38.7 Å². The molecule has 1 aliphatic carbocycles. The normalized spacial score (nSPS) is 28.8. The number of amides is 1. The lowest BCUT2D eigenvalue weighted by Gasteiger charge is -2.27. The molecule has 2 atom stereocenters. The standard InChI is InChI=1S/C16H27NO4/c1-12-13(6-9-21-12)11-17-14(18)10-16(15(19)20)7-4-2-3-5-8-16/h12-13H,2-11H2,1H3,(H,17,18)(H,19,20). The van der Waals surface area contributed by atoms with Gasteiger partial charge in [0.15, 0.2) is 0 Å². The maximum atomic E-state index is 12.2. The molecule has 0 aromatic heterocycles. The summed E-state index contributed by atoms with van der Waals surface area (Å²) in [6.45, 7) is 3.37. The van der Waals surface area contributed by atoms with Gasteiger partial charge in [-0.25, -0.2) is 0 Å². The summed E-state index contributed by atoms with van der Waals surface area (Å²) >= 11 is 0. The molecule has 0 aromatic rings. The first-order chi connectivity index (χ1) is 10.0. The summed E-state index contributed by atoms with van der Waals surface area (Å²) < 4.78 is 5.48. The maximum Gasteiger partial charge on any atom is 0.310 e. The molecular weight excluding hydrogens is 270 g/mol. The fourth-order valence-electron chi connectivity index (χ4n) is 3.53. The quantitative estimate of drug-likeness (QED) is 0.764. The smallest absolute Gasteiger partial charge is 0.310 e. The Kier molecular flexibility index (Phi) is 5.62. The number of carbonyl (C=O) groups is 2. The Morgan fingerprint density at radius 1 is 1.24 bits per heavy atom. The SMILES string of the molecule is CC1OCCC1CNC(=O)CC1(C(=O)O)CCCCCC1. The highest BCUT2D eigenvalue weighted by Gasteiger charge is 2.40. The lowest BCUT2D eigenvalue weighted by molar-refractivity contribution is -0.152. The molecule has 0 radical (unpaired) electrons. The van der Waals surface area contributed by atoms with E-state index in [-0.39, 0.29) is 18.4 Å². The maximum absolute atomic E-state index is 12.2. The molecule has 2 fully saturated rings. The van der Waals surface area contributed by atoms with E-state index < -0.39 is 11.4 Å². The highest BCUT2D eigenvalue weighted by atomic mass is 16.5. The minimum Gasteiger partial charge on any atom is -0.481 e. The van der Waals surface area contributed by atoms with E-state index in [1.807, 2.05) is 6.92 Å². The Bertz CT molecular complexity index is 374. The predicted octanol–water partition coefficient (Wildman–Crippen LogP) is 2.34. The number of hydrogen-bond donors (Lipinski definition) is 2. The van der Waals surface area contributed by atoms with Crippen molar-refractivity contribution in [2.45, 2.75) is 64.4 Å². The summed E-state index contributed by atoms with van der Waals surface area (Å²) in [7, 11) is 0. The zero-order valence-electron chi connectivity index (χ0n) is 12.9. The fourth-order valence-corrected chi connectivity index (χ4v) is 3.53. The van der Waals surface area contributed by atoms with Crippen molar-refractivity contribution in [2.24, 2.45) is 11.3 Å². The van der Waals surface area contributed by atoms with Gasteiger partial charge in [-0.15, -0.1) is 0 Å². The van der Waals surface area contributed by atoms with Crippen molar-refractivity contribution in [2.75, 3.05) is 13.2 Å². The molecule has 5 heteroatoms. The molecule has 5 nitrogen and oxygen atoms in total. The first-order valence-corrected chi connectivity index (χ1v) is 8.15. The van der Waals surface area contributed by atoms with E-state index in [1.165, 1.54) is 0 Å². The number of nitrogens with one attached hydrogen (secondary N) is 1. The number of ether oxygens (including phenoxy) is 1. The summed E-state index contributed by atoms with van der Waals surface area (Å²) in [5.41, 5.74) is -0.849. The Hall–Kier alpha value is -1.10. The van der Waals surface area contributed by atoms with E-state index in [4.69, 9.17) is 4.74 Å². The third-order valence-corrected chi connectivity index (χ3v) is 5.11. The van der Waals surface area contributed by atoms with Gasteiger partial charge in [-0.3, -0.25) is 9.59 Å². The van der Waals surface area contributed by atoms with Gasteiger partial charge in [0.25, 0.3) is 0 Å². The summed E-state index contributed by atoms with van der Waals surface area (Å²) in [5.74, 6) is -0.584. The van der Waals surface area contributed by atoms with Gasteiger partial charge in [0.1, 0.15) is 0 Å². The van der Waals surface area contributed by atoms with Crippen molar-refractivity contribution in [3.8, 4) is 0 Å². The molecule has 120 valence electrons. The molecular formula is C16H27NO4. The van der Waals surface area contributed by atoms with Gasteiger partial charge >= 0.3 is 5.97 Å². The lowest BCUT2D eigenvalue weighted by atomic mass is 9.77. The predicted molar refractivity (Wildman–Crippen MR) is 78.9 cm³/mol. The van der Waals surface area contributed by atoms with Crippen molar-refractivity contribution in [1.82, 2.24) is 5.32 Å². The third kappa shape index (κ3) is 4.19.